The van der Waals surface area contributed by atoms with Crippen LogP contribution in [0.3, 0.4) is 0 Å². The summed E-state index contributed by atoms with van der Waals surface area (Å²) in [5.41, 5.74) is -0.747. The van der Waals surface area contributed by atoms with E-state index in [9.17, 15) is 14.7 Å². The van der Waals surface area contributed by atoms with Crippen LogP contribution in [-0.4, -0.2) is 34.0 Å². The number of rotatable bonds is 4. The molecule has 4 heteroatoms. The van der Waals surface area contributed by atoms with Crippen molar-refractivity contribution >= 4 is 12.4 Å². The van der Waals surface area contributed by atoms with Crippen LogP contribution < -0.4 is 0 Å². The zero-order chi connectivity index (χ0) is 15.0. The van der Waals surface area contributed by atoms with Gasteiger partial charge in [-0.3, -0.25) is 4.79 Å². The third kappa shape index (κ3) is 2.84. The minimum Gasteiger partial charge on any atom is -0.479 e. The number of nitrogens with zero attached hydrogens (tertiary/aromatic N) is 1. The SMILES string of the molecule is CC(C)(C)C1CCCC(C(=O)O)(N(C=O)C2CC2)CC1. The molecule has 0 bridgehead atoms. The van der Waals surface area contributed by atoms with Crippen molar-refractivity contribution in [3.63, 3.8) is 0 Å². The normalized spacial score (nSPS) is 31.4. The van der Waals surface area contributed by atoms with Gasteiger partial charge in [0.1, 0.15) is 5.54 Å². The van der Waals surface area contributed by atoms with Crippen LogP contribution in [0.15, 0.2) is 0 Å². The van der Waals surface area contributed by atoms with E-state index in [1.54, 1.807) is 4.90 Å². The number of carbonyl (C=O) groups excluding carboxylic acids is 1. The summed E-state index contributed by atoms with van der Waals surface area (Å²) >= 11 is 0. The molecule has 2 rings (SSSR count). The maximum absolute atomic E-state index is 11.9. The first-order valence-corrected chi connectivity index (χ1v) is 7.78. The quantitative estimate of drug-likeness (QED) is 0.636. The van der Waals surface area contributed by atoms with Gasteiger partial charge in [0.2, 0.25) is 6.41 Å². The lowest BCUT2D eigenvalue weighted by atomic mass is 9.76. The van der Waals surface area contributed by atoms with Crippen molar-refractivity contribution in [2.45, 2.75) is 77.3 Å². The Morgan fingerprint density at radius 1 is 1.20 bits per heavy atom. The average molecular weight is 281 g/mol. The van der Waals surface area contributed by atoms with Gasteiger partial charge in [-0.15, -0.1) is 0 Å². The number of hydrogen-bond acceptors (Lipinski definition) is 2. The van der Waals surface area contributed by atoms with Gasteiger partial charge in [-0.1, -0.05) is 27.2 Å². The predicted octanol–water partition coefficient (Wildman–Crippen LogP) is 3.06. The molecule has 0 radical (unpaired) electrons. The molecular weight excluding hydrogens is 254 g/mol. The van der Waals surface area contributed by atoms with Gasteiger partial charge >= 0.3 is 5.97 Å². The highest BCUT2D eigenvalue weighted by Crippen LogP contribution is 2.44. The summed E-state index contributed by atoms with van der Waals surface area (Å²) in [4.78, 5) is 25.0. The van der Waals surface area contributed by atoms with Crippen molar-refractivity contribution < 1.29 is 14.7 Å². The molecule has 1 amide bonds. The van der Waals surface area contributed by atoms with Crippen molar-refractivity contribution in [3.05, 3.63) is 0 Å². The first-order valence-electron chi connectivity index (χ1n) is 7.78. The van der Waals surface area contributed by atoms with E-state index in [4.69, 9.17) is 0 Å². The molecule has 2 aliphatic rings. The largest absolute Gasteiger partial charge is 0.479 e. The van der Waals surface area contributed by atoms with Gasteiger partial charge in [-0.05, 0) is 49.9 Å². The standard InChI is InChI=1S/C16H27NO3/c1-15(2,3)12-5-4-9-16(10-8-12,14(19)20)17(11-18)13-6-7-13/h11-13H,4-10H2,1-3H3,(H,19,20). The van der Waals surface area contributed by atoms with Crippen molar-refractivity contribution in [3.8, 4) is 0 Å². The summed E-state index contributed by atoms with van der Waals surface area (Å²) in [5, 5.41) is 9.78. The molecule has 114 valence electrons. The highest BCUT2D eigenvalue weighted by atomic mass is 16.4. The molecule has 0 spiro atoms. The van der Waals surface area contributed by atoms with Gasteiger partial charge in [-0.25, -0.2) is 4.79 Å². The van der Waals surface area contributed by atoms with E-state index >= 15 is 0 Å². The molecule has 0 aliphatic heterocycles. The Labute approximate surface area is 121 Å². The third-order valence-electron chi connectivity index (χ3n) is 5.22. The average Bonchev–Trinajstić information content (AvgIpc) is 3.14. The maximum Gasteiger partial charge on any atom is 0.329 e. The summed E-state index contributed by atoms with van der Waals surface area (Å²) < 4.78 is 0. The van der Waals surface area contributed by atoms with Gasteiger partial charge in [0.25, 0.3) is 0 Å². The minimum absolute atomic E-state index is 0.162. The molecule has 0 aromatic rings. The van der Waals surface area contributed by atoms with Crippen molar-refractivity contribution in [2.75, 3.05) is 0 Å². The smallest absolute Gasteiger partial charge is 0.329 e. The van der Waals surface area contributed by atoms with Gasteiger partial charge < -0.3 is 10.0 Å². The maximum atomic E-state index is 11.9. The number of carbonyl (C=O) groups is 2. The highest BCUT2D eigenvalue weighted by Gasteiger charge is 2.50. The molecule has 0 aromatic heterocycles. The van der Waals surface area contributed by atoms with Crippen LogP contribution in [0.1, 0.15) is 65.7 Å². The molecule has 0 aromatic carbocycles. The molecule has 1 N–H and O–H groups in total. The molecule has 0 heterocycles. The lowest BCUT2D eigenvalue weighted by molar-refractivity contribution is -0.157. The van der Waals surface area contributed by atoms with Crippen LogP contribution in [0.25, 0.3) is 0 Å². The number of hydrogen-bond donors (Lipinski definition) is 1. The van der Waals surface area contributed by atoms with E-state index in [0.717, 1.165) is 38.5 Å². The summed E-state index contributed by atoms with van der Waals surface area (Å²) in [6.45, 7) is 6.68. The Kier molecular flexibility index (Phi) is 4.12. The van der Waals surface area contributed by atoms with E-state index < -0.39 is 11.5 Å². The zero-order valence-electron chi connectivity index (χ0n) is 12.9. The van der Waals surface area contributed by atoms with Gasteiger partial charge in [0.15, 0.2) is 0 Å². The minimum atomic E-state index is -0.955. The van der Waals surface area contributed by atoms with Crippen LogP contribution in [0.2, 0.25) is 0 Å². The Balaban J connectivity index is 2.21. The number of amides is 1. The molecule has 2 atom stereocenters. The Bertz CT molecular complexity index is 384. The summed E-state index contributed by atoms with van der Waals surface area (Å²) in [7, 11) is 0. The molecule has 4 nitrogen and oxygen atoms in total. The molecule has 20 heavy (non-hydrogen) atoms. The molecule has 2 fully saturated rings. The zero-order valence-corrected chi connectivity index (χ0v) is 12.9. The van der Waals surface area contributed by atoms with Gasteiger partial charge in [-0.2, -0.15) is 0 Å². The van der Waals surface area contributed by atoms with Crippen LogP contribution in [0.5, 0.6) is 0 Å². The van der Waals surface area contributed by atoms with Crippen molar-refractivity contribution in [1.29, 1.82) is 0 Å². The second-order valence-electron chi connectivity index (χ2n) is 7.57. The third-order valence-corrected chi connectivity index (χ3v) is 5.22. The first kappa shape index (κ1) is 15.3. The predicted molar refractivity (Wildman–Crippen MR) is 77.3 cm³/mol. The van der Waals surface area contributed by atoms with E-state index in [2.05, 4.69) is 20.8 Å². The fourth-order valence-electron chi connectivity index (χ4n) is 3.66. The second kappa shape index (κ2) is 5.38. The second-order valence-corrected chi connectivity index (χ2v) is 7.57. The van der Waals surface area contributed by atoms with Gasteiger partial charge in [0, 0.05) is 6.04 Å². The Hall–Kier alpha value is -1.06. The fourth-order valence-corrected chi connectivity index (χ4v) is 3.66. The highest BCUT2D eigenvalue weighted by molar-refractivity contribution is 5.81. The van der Waals surface area contributed by atoms with E-state index in [0.29, 0.717) is 18.8 Å². The van der Waals surface area contributed by atoms with E-state index in [-0.39, 0.29) is 11.5 Å². The summed E-state index contributed by atoms with van der Waals surface area (Å²) in [6.07, 6.45) is 6.74. The monoisotopic (exact) mass is 281 g/mol. The number of aliphatic carboxylic acids is 1. The Morgan fingerprint density at radius 2 is 1.85 bits per heavy atom. The van der Waals surface area contributed by atoms with E-state index in [1.807, 2.05) is 0 Å². The molecule has 2 aliphatic carbocycles. The molecule has 0 saturated heterocycles. The number of carboxylic acids is 1. The summed E-state index contributed by atoms with van der Waals surface area (Å²) in [5.74, 6) is -0.275. The van der Waals surface area contributed by atoms with Crippen LogP contribution in [0, 0.1) is 11.3 Å². The van der Waals surface area contributed by atoms with Gasteiger partial charge in [0.05, 0.1) is 0 Å². The van der Waals surface area contributed by atoms with Crippen LogP contribution in [0.4, 0.5) is 0 Å². The molecule has 2 saturated carbocycles. The lowest BCUT2D eigenvalue weighted by Crippen LogP contribution is -2.55. The Morgan fingerprint density at radius 3 is 2.30 bits per heavy atom. The van der Waals surface area contributed by atoms with Crippen molar-refractivity contribution in [1.82, 2.24) is 4.90 Å². The van der Waals surface area contributed by atoms with E-state index in [1.165, 1.54) is 0 Å². The fraction of sp³-hybridized carbons (Fsp3) is 0.875. The molecular formula is C16H27NO3. The van der Waals surface area contributed by atoms with Crippen molar-refractivity contribution in [2.24, 2.45) is 11.3 Å². The molecule has 2 unspecified atom stereocenters. The van der Waals surface area contributed by atoms with Crippen LogP contribution >= 0.6 is 0 Å². The first-order chi connectivity index (χ1) is 9.31. The summed E-state index contributed by atoms with van der Waals surface area (Å²) in [6, 6.07) is 0.162. The lowest BCUT2D eigenvalue weighted by Gasteiger charge is -2.38. The van der Waals surface area contributed by atoms with Crippen LogP contribution in [-0.2, 0) is 9.59 Å². The number of carboxylic acid groups (broad SMARTS) is 1. The topological polar surface area (TPSA) is 57.6 Å².